The third-order valence-electron chi connectivity index (χ3n) is 5.99. The monoisotopic (exact) mass is 472 g/mol. The second-order valence-corrected chi connectivity index (χ2v) is 9.86. The fraction of sp³-hybridized carbons (Fsp3) is 0.286. The Morgan fingerprint density at radius 1 is 1.15 bits per heavy atom. The number of ether oxygens (including phenoxy) is 1. The number of furan rings is 1. The number of aryl methyl sites for hydroxylation is 1. The van der Waals surface area contributed by atoms with E-state index < -0.39 is 0 Å². The van der Waals surface area contributed by atoms with Crippen LogP contribution in [-0.2, 0) is 19.4 Å². The van der Waals surface area contributed by atoms with E-state index in [4.69, 9.17) is 14.1 Å². The summed E-state index contributed by atoms with van der Waals surface area (Å²) in [6.07, 6.45) is 7.70. The van der Waals surface area contributed by atoms with Crippen LogP contribution in [0, 0.1) is 0 Å². The first-order valence-electron chi connectivity index (χ1n) is 11.8. The zero-order chi connectivity index (χ0) is 23.5. The molecule has 2 aromatic heterocycles. The predicted octanol–water partition coefficient (Wildman–Crippen LogP) is 6.84. The third-order valence-corrected chi connectivity index (χ3v) is 7.19. The largest absolute Gasteiger partial charge is 0.490 e. The molecule has 0 radical (unpaired) electrons. The molecular formula is C28H28N2O3S. The molecule has 0 saturated carbocycles. The summed E-state index contributed by atoms with van der Waals surface area (Å²) >= 11 is 1.64. The minimum absolute atomic E-state index is 0.0466. The van der Waals surface area contributed by atoms with Crippen LogP contribution < -0.4 is 10.1 Å². The van der Waals surface area contributed by atoms with Gasteiger partial charge in [0.15, 0.2) is 0 Å². The van der Waals surface area contributed by atoms with Crippen molar-refractivity contribution in [1.29, 1.82) is 0 Å². The van der Waals surface area contributed by atoms with Gasteiger partial charge in [-0.2, -0.15) is 0 Å². The molecule has 0 spiro atoms. The normalized spacial score (nSPS) is 13.5. The van der Waals surface area contributed by atoms with Gasteiger partial charge >= 0.3 is 0 Å². The number of nitrogens with one attached hydrogen (secondary N) is 1. The van der Waals surface area contributed by atoms with Crippen LogP contribution in [0.2, 0.25) is 0 Å². The molecule has 2 aromatic carbocycles. The van der Waals surface area contributed by atoms with Crippen molar-refractivity contribution in [2.45, 2.75) is 52.2 Å². The number of amides is 1. The number of thiophene rings is 1. The lowest BCUT2D eigenvalue weighted by atomic mass is 9.95. The lowest BCUT2D eigenvalue weighted by Gasteiger charge is -2.14. The molecule has 0 saturated heterocycles. The molecule has 34 heavy (non-hydrogen) atoms. The van der Waals surface area contributed by atoms with E-state index in [2.05, 4.69) is 23.5 Å². The van der Waals surface area contributed by atoms with Crippen LogP contribution in [0.1, 0.15) is 58.8 Å². The summed E-state index contributed by atoms with van der Waals surface area (Å²) in [7, 11) is 0. The highest BCUT2D eigenvalue weighted by atomic mass is 32.1. The fourth-order valence-electron chi connectivity index (χ4n) is 4.43. The van der Waals surface area contributed by atoms with E-state index in [0.717, 1.165) is 64.1 Å². The molecule has 4 aromatic rings. The van der Waals surface area contributed by atoms with E-state index in [0.29, 0.717) is 12.1 Å². The maximum atomic E-state index is 13.3. The van der Waals surface area contributed by atoms with Crippen LogP contribution in [0.3, 0.4) is 0 Å². The predicted molar refractivity (Wildman–Crippen MR) is 138 cm³/mol. The van der Waals surface area contributed by atoms with Crippen molar-refractivity contribution < 1.29 is 13.9 Å². The topological polar surface area (TPSA) is 63.8 Å². The Morgan fingerprint density at radius 2 is 2.00 bits per heavy atom. The first kappa shape index (κ1) is 22.4. The number of nitrogens with zero attached hydrogens (tertiary/aromatic N) is 1. The molecule has 5 nitrogen and oxygen atoms in total. The molecule has 0 atom stereocenters. The average molecular weight is 473 g/mol. The Morgan fingerprint density at radius 3 is 2.82 bits per heavy atom. The summed E-state index contributed by atoms with van der Waals surface area (Å²) < 4.78 is 11.5. The number of aliphatic imine (C=N–C) groups is 1. The summed E-state index contributed by atoms with van der Waals surface area (Å²) in [5, 5.41) is 5.98. The van der Waals surface area contributed by atoms with Crippen LogP contribution in [0.5, 0.6) is 5.75 Å². The average Bonchev–Trinajstić information content (AvgIpc) is 3.49. The molecule has 1 aliphatic rings. The molecule has 0 fully saturated rings. The van der Waals surface area contributed by atoms with E-state index in [-0.39, 0.29) is 12.0 Å². The summed E-state index contributed by atoms with van der Waals surface area (Å²) in [5.74, 6) is 1.43. The lowest BCUT2D eigenvalue weighted by Crippen LogP contribution is -2.23. The van der Waals surface area contributed by atoms with Gasteiger partial charge < -0.3 is 14.5 Å². The van der Waals surface area contributed by atoms with Gasteiger partial charge in [-0.05, 0) is 74.1 Å². The van der Waals surface area contributed by atoms with Crippen molar-refractivity contribution in [1.82, 2.24) is 5.32 Å². The minimum atomic E-state index is -0.0977. The summed E-state index contributed by atoms with van der Waals surface area (Å²) in [4.78, 5) is 19.5. The van der Waals surface area contributed by atoms with Gasteiger partial charge in [0.25, 0.3) is 5.91 Å². The Labute approximate surface area is 203 Å². The van der Waals surface area contributed by atoms with Crippen molar-refractivity contribution in [2.75, 3.05) is 0 Å². The number of hydrogen-bond donors (Lipinski definition) is 1. The molecule has 1 N–H and O–H groups in total. The van der Waals surface area contributed by atoms with Crippen LogP contribution in [0.4, 0.5) is 5.00 Å². The molecule has 0 unspecified atom stereocenters. The minimum Gasteiger partial charge on any atom is -0.490 e. The van der Waals surface area contributed by atoms with Crippen LogP contribution in [-0.4, -0.2) is 18.2 Å². The summed E-state index contributed by atoms with van der Waals surface area (Å²) in [6.45, 7) is 4.39. The summed E-state index contributed by atoms with van der Waals surface area (Å²) in [6, 6.07) is 16.0. The molecule has 2 heterocycles. The van der Waals surface area contributed by atoms with E-state index in [1.165, 1.54) is 4.88 Å². The first-order valence-corrected chi connectivity index (χ1v) is 12.6. The first-order chi connectivity index (χ1) is 16.6. The van der Waals surface area contributed by atoms with E-state index in [1.54, 1.807) is 17.6 Å². The highest BCUT2D eigenvalue weighted by Gasteiger charge is 2.25. The van der Waals surface area contributed by atoms with Crippen molar-refractivity contribution in [3.05, 3.63) is 82.1 Å². The lowest BCUT2D eigenvalue weighted by molar-refractivity contribution is 0.0948. The molecule has 6 heteroatoms. The van der Waals surface area contributed by atoms with Gasteiger partial charge in [0.05, 0.1) is 24.5 Å². The maximum absolute atomic E-state index is 13.3. The van der Waals surface area contributed by atoms with E-state index in [9.17, 15) is 4.79 Å². The standard InChI is InChI=1S/C28H28N2O3S/c1-18(2)33-24-14-13-19-8-3-4-10-21(19)23(24)17-30-28-26(22-11-5-6-12-25(22)34-28)27(31)29-16-20-9-7-15-32-20/h3-4,7-10,13-15,17-18H,5-6,11-12,16H2,1-2H3,(H,29,31). The maximum Gasteiger partial charge on any atom is 0.255 e. The number of fused-ring (bicyclic) bond motifs is 2. The smallest absolute Gasteiger partial charge is 0.255 e. The Kier molecular flexibility index (Phi) is 6.50. The molecule has 0 bridgehead atoms. The van der Waals surface area contributed by atoms with Crippen LogP contribution in [0.25, 0.3) is 10.8 Å². The van der Waals surface area contributed by atoms with Crippen LogP contribution in [0.15, 0.2) is 64.2 Å². The summed E-state index contributed by atoms with van der Waals surface area (Å²) in [5.41, 5.74) is 2.78. The van der Waals surface area contributed by atoms with Gasteiger partial charge in [0.1, 0.15) is 16.5 Å². The van der Waals surface area contributed by atoms with Gasteiger partial charge in [0.2, 0.25) is 0 Å². The SMILES string of the molecule is CC(C)Oc1ccc2ccccc2c1C=Nc1sc2c(c1C(=O)NCc1ccco1)CCCC2. The quantitative estimate of drug-likeness (QED) is 0.300. The van der Waals surface area contributed by atoms with Crippen molar-refractivity contribution in [2.24, 2.45) is 4.99 Å². The van der Waals surface area contributed by atoms with Gasteiger partial charge in [-0.1, -0.05) is 30.3 Å². The number of hydrogen-bond acceptors (Lipinski definition) is 5. The van der Waals surface area contributed by atoms with Gasteiger partial charge in [-0.3, -0.25) is 4.79 Å². The highest BCUT2D eigenvalue weighted by molar-refractivity contribution is 7.16. The third kappa shape index (κ3) is 4.64. The Balaban J connectivity index is 1.53. The number of rotatable bonds is 7. The van der Waals surface area contributed by atoms with Crippen molar-refractivity contribution in [3.63, 3.8) is 0 Å². The van der Waals surface area contributed by atoms with Gasteiger partial charge in [-0.15, -0.1) is 11.3 Å². The van der Waals surface area contributed by atoms with E-state index >= 15 is 0 Å². The van der Waals surface area contributed by atoms with Gasteiger partial charge in [-0.25, -0.2) is 4.99 Å². The molecule has 0 aliphatic heterocycles. The van der Waals surface area contributed by atoms with Crippen molar-refractivity contribution in [3.8, 4) is 5.75 Å². The van der Waals surface area contributed by atoms with Crippen molar-refractivity contribution >= 4 is 39.2 Å². The second-order valence-electron chi connectivity index (χ2n) is 8.78. The number of carbonyl (C=O) groups is 1. The van der Waals surface area contributed by atoms with Gasteiger partial charge in [0, 0.05) is 16.7 Å². The number of carbonyl (C=O) groups excluding carboxylic acids is 1. The Hall–Kier alpha value is -3.38. The molecule has 1 aliphatic carbocycles. The fourth-order valence-corrected chi connectivity index (χ4v) is 5.66. The molecule has 174 valence electrons. The zero-order valence-electron chi connectivity index (χ0n) is 19.5. The van der Waals surface area contributed by atoms with Crippen LogP contribution >= 0.6 is 11.3 Å². The highest BCUT2D eigenvalue weighted by Crippen LogP contribution is 2.40. The second kappa shape index (κ2) is 9.85. The Bertz CT molecular complexity index is 1340. The molecule has 5 rings (SSSR count). The zero-order valence-corrected chi connectivity index (χ0v) is 20.3. The molecule has 1 amide bonds. The molecular weight excluding hydrogens is 444 g/mol. The van der Waals surface area contributed by atoms with E-state index in [1.807, 2.05) is 50.4 Å². The number of benzene rings is 2.